The van der Waals surface area contributed by atoms with Crippen molar-refractivity contribution >= 4 is 23.8 Å². The molecule has 2 heterocycles. The van der Waals surface area contributed by atoms with Gasteiger partial charge in [0.15, 0.2) is 17.7 Å². The Morgan fingerprint density at radius 3 is 3.08 bits per heavy atom. The van der Waals surface area contributed by atoms with E-state index >= 15 is 0 Å². The molecule has 1 atom stereocenters. The maximum absolute atomic E-state index is 8.73. The third kappa shape index (κ3) is 0.928. The molecule has 62 valence electrons. The number of aliphatic imine (C=N–C) groups is 4. The SMILES string of the molecule is NC1=NC=NC2=NC(CO)=NC12. The summed E-state index contributed by atoms with van der Waals surface area (Å²) in [6.45, 7) is -0.192. The van der Waals surface area contributed by atoms with Crippen LogP contribution in [0.5, 0.6) is 0 Å². The van der Waals surface area contributed by atoms with Gasteiger partial charge in [-0.15, -0.1) is 0 Å². The summed E-state index contributed by atoms with van der Waals surface area (Å²) in [7, 11) is 0. The molecule has 1 unspecified atom stereocenters. The van der Waals surface area contributed by atoms with E-state index in [1.807, 2.05) is 0 Å². The summed E-state index contributed by atoms with van der Waals surface area (Å²) in [5, 5.41) is 8.73. The zero-order chi connectivity index (χ0) is 8.55. The fraction of sp³-hybridized carbons (Fsp3) is 0.333. The standard InChI is InChI=1S/C6H7N5O/c7-5-4-6(9-2-8-5)11-3(1-12)10-4/h2,4,12H,1H2,(H2,7,8,9,10,11). The summed E-state index contributed by atoms with van der Waals surface area (Å²) in [6, 6.07) is -0.378. The fourth-order valence-electron chi connectivity index (χ4n) is 1.03. The van der Waals surface area contributed by atoms with Crippen LogP contribution in [0.2, 0.25) is 0 Å². The highest BCUT2D eigenvalue weighted by molar-refractivity contribution is 6.21. The van der Waals surface area contributed by atoms with Crippen LogP contribution in [0.25, 0.3) is 0 Å². The molecule has 12 heavy (non-hydrogen) atoms. The minimum Gasteiger partial charge on any atom is -0.388 e. The van der Waals surface area contributed by atoms with Crippen molar-refractivity contribution in [2.45, 2.75) is 6.04 Å². The highest BCUT2D eigenvalue weighted by Gasteiger charge is 2.26. The van der Waals surface area contributed by atoms with E-state index in [4.69, 9.17) is 10.8 Å². The summed E-state index contributed by atoms with van der Waals surface area (Å²) < 4.78 is 0. The average molecular weight is 165 g/mol. The highest BCUT2D eigenvalue weighted by atomic mass is 16.3. The first-order valence-electron chi connectivity index (χ1n) is 3.43. The highest BCUT2D eigenvalue weighted by Crippen LogP contribution is 2.09. The molecule has 0 aromatic carbocycles. The number of aliphatic hydroxyl groups excluding tert-OH is 1. The number of amidine groups is 3. The molecule has 0 aliphatic carbocycles. The van der Waals surface area contributed by atoms with Crippen LogP contribution in [-0.4, -0.2) is 41.6 Å². The zero-order valence-corrected chi connectivity index (χ0v) is 6.18. The maximum atomic E-state index is 8.73. The molecule has 3 N–H and O–H groups in total. The Labute approximate surface area is 68.3 Å². The number of fused-ring (bicyclic) bond motifs is 1. The van der Waals surface area contributed by atoms with Crippen LogP contribution in [0, 0.1) is 0 Å². The Hall–Kier alpha value is -1.56. The number of rotatable bonds is 1. The number of hydrogen-bond acceptors (Lipinski definition) is 6. The second-order valence-corrected chi connectivity index (χ2v) is 2.37. The van der Waals surface area contributed by atoms with Crippen molar-refractivity contribution in [2.24, 2.45) is 25.7 Å². The Balaban J connectivity index is 2.35. The maximum Gasteiger partial charge on any atom is 0.169 e. The van der Waals surface area contributed by atoms with Gasteiger partial charge in [0.1, 0.15) is 18.8 Å². The van der Waals surface area contributed by atoms with E-state index in [0.29, 0.717) is 17.5 Å². The van der Waals surface area contributed by atoms with E-state index in [2.05, 4.69) is 20.0 Å². The summed E-state index contributed by atoms with van der Waals surface area (Å²) in [4.78, 5) is 15.6. The molecule has 0 bridgehead atoms. The quantitative estimate of drug-likeness (QED) is 0.497. The molecule has 2 aliphatic heterocycles. The smallest absolute Gasteiger partial charge is 0.169 e. The third-order valence-corrected chi connectivity index (χ3v) is 1.58. The van der Waals surface area contributed by atoms with E-state index < -0.39 is 0 Å². The summed E-state index contributed by atoms with van der Waals surface area (Å²) in [5.41, 5.74) is 5.53. The van der Waals surface area contributed by atoms with Gasteiger partial charge in [0.2, 0.25) is 0 Å². The molecule has 0 saturated carbocycles. The lowest BCUT2D eigenvalue weighted by Gasteiger charge is -2.08. The van der Waals surface area contributed by atoms with E-state index in [0.717, 1.165) is 0 Å². The van der Waals surface area contributed by atoms with E-state index in [-0.39, 0.29) is 12.6 Å². The topological polar surface area (TPSA) is 95.7 Å². The van der Waals surface area contributed by atoms with Crippen LogP contribution >= 0.6 is 0 Å². The molecule has 6 nitrogen and oxygen atoms in total. The summed E-state index contributed by atoms with van der Waals surface area (Å²) in [6.07, 6.45) is 1.33. The van der Waals surface area contributed by atoms with Crippen molar-refractivity contribution in [3.05, 3.63) is 0 Å². The van der Waals surface area contributed by atoms with Gasteiger partial charge >= 0.3 is 0 Å². The molecule has 0 aromatic heterocycles. The second kappa shape index (κ2) is 2.49. The average Bonchev–Trinajstić information content (AvgIpc) is 2.49. The minimum atomic E-state index is -0.378. The van der Waals surface area contributed by atoms with Gasteiger partial charge < -0.3 is 10.8 Å². The third-order valence-electron chi connectivity index (χ3n) is 1.58. The van der Waals surface area contributed by atoms with Gasteiger partial charge in [0.25, 0.3) is 0 Å². The molecule has 0 saturated heterocycles. The van der Waals surface area contributed by atoms with Crippen molar-refractivity contribution in [1.29, 1.82) is 0 Å². The number of nitrogens with zero attached hydrogens (tertiary/aromatic N) is 4. The van der Waals surface area contributed by atoms with Gasteiger partial charge in [-0.1, -0.05) is 0 Å². The molecule has 0 aromatic rings. The molecular formula is C6H7N5O. The van der Waals surface area contributed by atoms with Crippen LogP contribution in [-0.2, 0) is 0 Å². The van der Waals surface area contributed by atoms with Crippen molar-refractivity contribution < 1.29 is 5.11 Å². The fourth-order valence-corrected chi connectivity index (χ4v) is 1.03. The Morgan fingerprint density at radius 1 is 1.58 bits per heavy atom. The van der Waals surface area contributed by atoms with Crippen molar-refractivity contribution in [3.63, 3.8) is 0 Å². The largest absolute Gasteiger partial charge is 0.388 e. The van der Waals surface area contributed by atoms with Crippen molar-refractivity contribution in [2.75, 3.05) is 6.61 Å². The van der Waals surface area contributed by atoms with Gasteiger partial charge in [-0.2, -0.15) is 0 Å². The first kappa shape index (κ1) is 7.11. The van der Waals surface area contributed by atoms with Gasteiger partial charge in [-0.25, -0.2) is 20.0 Å². The number of aliphatic hydroxyl groups is 1. The summed E-state index contributed by atoms with van der Waals surface area (Å²) in [5.74, 6) is 1.23. The molecular weight excluding hydrogens is 158 g/mol. The van der Waals surface area contributed by atoms with Gasteiger partial charge in [0, 0.05) is 0 Å². The monoisotopic (exact) mass is 165 g/mol. The molecule has 0 amide bonds. The first-order chi connectivity index (χ1) is 5.81. The van der Waals surface area contributed by atoms with Crippen molar-refractivity contribution in [1.82, 2.24) is 0 Å². The summed E-state index contributed by atoms with van der Waals surface area (Å²) >= 11 is 0. The van der Waals surface area contributed by atoms with E-state index in [1.165, 1.54) is 6.34 Å². The predicted molar refractivity (Wildman–Crippen MR) is 45.9 cm³/mol. The normalized spacial score (nSPS) is 26.1. The molecule has 0 radical (unpaired) electrons. The van der Waals surface area contributed by atoms with Gasteiger partial charge in [0.05, 0.1) is 0 Å². The Bertz CT molecular complexity index is 327. The Kier molecular flexibility index (Phi) is 1.47. The van der Waals surface area contributed by atoms with Crippen LogP contribution in [0.15, 0.2) is 20.0 Å². The van der Waals surface area contributed by atoms with Crippen LogP contribution in [0.3, 0.4) is 0 Å². The molecule has 2 rings (SSSR count). The molecule has 0 fully saturated rings. The number of nitrogens with two attached hydrogens (primary N) is 1. The van der Waals surface area contributed by atoms with Gasteiger partial charge in [-0.05, 0) is 0 Å². The van der Waals surface area contributed by atoms with E-state index in [9.17, 15) is 0 Å². The Morgan fingerprint density at radius 2 is 2.42 bits per heavy atom. The molecule has 2 aliphatic rings. The second-order valence-electron chi connectivity index (χ2n) is 2.37. The zero-order valence-electron chi connectivity index (χ0n) is 6.18. The van der Waals surface area contributed by atoms with Crippen LogP contribution in [0.4, 0.5) is 0 Å². The van der Waals surface area contributed by atoms with E-state index in [1.54, 1.807) is 0 Å². The molecule has 0 spiro atoms. The van der Waals surface area contributed by atoms with Crippen LogP contribution in [0.1, 0.15) is 0 Å². The first-order valence-corrected chi connectivity index (χ1v) is 3.43. The lowest BCUT2D eigenvalue weighted by Crippen LogP contribution is -2.34. The number of hydrogen-bond donors (Lipinski definition) is 2. The van der Waals surface area contributed by atoms with Gasteiger partial charge in [-0.3, -0.25) is 0 Å². The lowest BCUT2D eigenvalue weighted by atomic mass is 10.2. The minimum absolute atomic E-state index is 0.192. The van der Waals surface area contributed by atoms with Crippen molar-refractivity contribution in [3.8, 4) is 0 Å². The predicted octanol–water partition coefficient (Wildman–Crippen LogP) is -1.44. The van der Waals surface area contributed by atoms with Crippen LogP contribution < -0.4 is 5.73 Å². The lowest BCUT2D eigenvalue weighted by molar-refractivity contribution is 0.356. The molecule has 6 heteroatoms.